The van der Waals surface area contributed by atoms with Crippen molar-refractivity contribution in [2.24, 2.45) is 0 Å². The minimum absolute atomic E-state index is 0.597. The summed E-state index contributed by atoms with van der Waals surface area (Å²) in [5.74, 6) is 1.89. The number of benzene rings is 11. The summed E-state index contributed by atoms with van der Waals surface area (Å²) < 4.78 is 0. The van der Waals surface area contributed by atoms with Gasteiger partial charge in [-0.3, -0.25) is 0 Å². The Morgan fingerprint density at radius 2 is 0.662 bits per heavy atom. The Morgan fingerprint density at radius 1 is 0.225 bits per heavy atom. The number of hydrogen-bond donors (Lipinski definition) is 0. The van der Waals surface area contributed by atoms with Crippen molar-refractivity contribution in [2.45, 2.75) is 5.41 Å². The van der Waals surface area contributed by atoms with Crippen LogP contribution in [-0.4, -0.2) is 15.0 Å². The van der Waals surface area contributed by atoms with E-state index >= 15 is 0 Å². The van der Waals surface area contributed by atoms with E-state index < -0.39 is 5.41 Å². The Bertz CT molecular complexity index is 4010. The minimum Gasteiger partial charge on any atom is -0.208 e. The minimum atomic E-state index is -0.597. The van der Waals surface area contributed by atoms with Crippen LogP contribution in [0.4, 0.5) is 0 Å². The van der Waals surface area contributed by atoms with Crippen LogP contribution >= 0.6 is 0 Å². The number of rotatable bonds is 6. The first kappa shape index (κ1) is 39.7. The molecule has 3 nitrogen and oxygen atoms in total. The second-order valence-corrected chi connectivity index (χ2v) is 19.0. The number of fused-ring (bicyclic) bond motifs is 13. The molecule has 0 saturated heterocycles. The number of aromatic nitrogens is 3. The summed E-state index contributed by atoms with van der Waals surface area (Å²) in [5.41, 5.74) is 23.9. The topological polar surface area (TPSA) is 38.7 Å². The molecule has 0 atom stereocenters. The monoisotopic (exact) mass is 899 g/mol. The van der Waals surface area contributed by atoms with E-state index in [1.54, 1.807) is 0 Å². The second-order valence-electron chi connectivity index (χ2n) is 19.0. The third-order valence-corrected chi connectivity index (χ3v) is 15.2. The van der Waals surface area contributed by atoms with E-state index in [0.717, 1.165) is 50.1 Å². The summed E-state index contributed by atoms with van der Waals surface area (Å²) >= 11 is 0. The van der Waals surface area contributed by atoms with Gasteiger partial charge in [0.2, 0.25) is 0 Å². The lowest BCUT2D eigenvalue weighted by molar-refractivity contribution is 0.794. The van der Waals surface area contributed by atoms with Crippen LogP contribution < -0.4 is 0 Å². The molecular weight excluding hydrogens is 859 g/mol. The Balaban J connectivity index is 1.09. The summed E-state index contributed by atoms with van der Waals surface area (Å²) in [6.45, 7) is 0. The van der Waals surface area contributed by atoms with Gasteiger partial charge in [-0.25, -0.2) is 15.0 Å². The molecule has 1 heterocycles. The molecule has 0 saturated carbocycles. The zero-order valence-corrected chi connectivity index (χ0v) is 38.5. The molecule has 0 unspecified atom stereocenters. The Labute approximate surface area is 412 Å². The van der Waals surface area contributed by atoms with Crippen molar-refractivity contribution in [3.63, 3.8) is 0 Å². The van der Waals surface area contributed by atoms with Gasteiger partial charge in [0, 0.05) is 22.3 Å². The van der Waals surface area contributed by atoms with Crippen molar-refractivity contribution in [1.82, 2.24) is 15.0 Å². The molecular formula is C68H41N3. The molecule has 71 heavy (non-hydrogen) atoms. The smallest absolute Gasteiger partial charge is 0.165 e. The van der Waals surface area contributed by atoms with Gasteiger partial charge < -0.3 is 0 Å². The Hall–Kier alpha value is -9.31. The summed E-state index contributed by atoms with van der Waals surface area (Å²) in [6, 6.07) is 90.5. The first-order valence-electron chi connectivity index (χ1n) is 24.4. The maximum Gasteiger partial charge on any atom is 0.165 e. The lowest BCUT2D eigenvalue weighted by Crippen LogP contribution is -2.26. The van der Waals surface area contributed by atoms with Gasteiger partial charge in [0.1, 0.15) is 0 Å². The Kier molecular flexibility index (Phi) is 8.57. The van der Waals surface area contributed by atoms with Crippen LogP contribution in [0.2, 0.25) is 0 Å². The fourth-order valence-corrected chi connectivity index (χ4v) is 12.3. The first-order valence-corrected chi connectivity index (χ1v) is 24.4. The van der Waals surface area contributed by atoms with Crippen molar-refractivity contribution < 1.29 is 0 Å². The molecule has 1 spiro atoms. The summed E-state index contributed by atoms with van der Waals surface area (Å²) in [5, 5.41) is 2.46. The predicted molar refractivity (Wildman–Crippen MR) is 291 cm³/mol. The fraction of sp³-hybridized carbons (Fsp3) is 0.0147. The Morgan fingerprint density at radius 3 is 1.24 bits per heavy atom. The quantitative estimate of drug-likeness (QED) is 0.167. The second kappa shape index (κ2) is 15.3. The van der Waals surface area contributed by atoms with Crippen LogP contribution in [0, 0.1) is 0 Å². The van der Waals surface area contributed by atoms with E-state index in [1.165, 1.54) is 77.5 Å². The van der Waals surface area contributed by atoms with Gasteiger partial charge >= 0.3 is 0 Å². The summed E-state index contributed by atoms with van der Waals surface area (Å²) in [7, 11) is 0. The maximum absolute atomic E-state index is 5.72. The lowest BCUT2D eigenvalue weighted by atomic mass is 9.70. The van der Waals surface area contributed by atoms with Crippen molar-refractivity contribution in [2.75, 3.05) is 0 Å². The highest BCUT2D eigenvalue weighted by atomic mass is 15.0. The highest BCUT2D eigenvalue weighted by Gasteiger charge is 2.53. The molecule has 328 valence electrons. The van der Waals surface area contributed by atoms with Gasteiger partial charge in [0.05, 0.1) is 5.41 Å². The van der Waals surface area contributed by atoms with Gasteiger partial charge in [-0.05, 0) is 136 Å². The molecule has 0 radical (unpaired) electrons. The van der Waals surface area contributed by atoms with Crippen LogP contribution in [0.5, 0.6) is 0 Å². The molecule has 3 heteroatoms. The zero-order valence-electron chi connectivity index (χ0n) is 38.5. The lowest BCUT2D eigenvalue weighted by Gasteiger charge is -2.31. The zero-order chi connectivity index (χ0) is 46.6. The molecule has 3 aliphatic rings. The van der Waals surface area contributed by atoms with Crippen LogP contribution in [0.15, 0.2) is 249 Å². The molecule has 1 aromatic heterocycles. The molecule has 0 fully saturated rings. The van der Waals surface area contributed by atoms with E-state index in [2.05, 4.69) is 249 Å². The highest BCUT2D eigenvalue weighted by Crippen LogP contribution is 2.67. The van der Waals surface area contributed by atoms with Gasteiger partial charge in [0.25, 0.3) is 0 Å². The SMILES string of the molecule is c1ccc(-c2cccc(-c3nc(-c4cccc(-c5ccccc5)c4)nc(-c4c5c(cc6c4-c4ccccc4C64c6ccccc6-c6ccccc64)-c4cc(-c6ccccc6)cc6cccc-5c46)n3)c2)cc1. The number of nitrogens with zero attached hydrogens (tertiary/aromatic N) is 3. The molecule has 0 aliphatic heterocycles. The highest BCUT2D eigenvalue weighted by molar-refractivity contribution is 6.21. The average Bonchev–Trinajstić information content (AvgIpc) is 4.07. The first-order chi connectivity index (χ1) is 35.2. The molecule has 11 aromatic carbocycles. The van der Waals surface area contributed by atoms with Gasteiger partial charge in [-0.1, -0.05) is 218 Å². The van der Waals surface area contributed by atoms with Crippen LogP contribution in [0.25, 0.3) is 123 Å². The third kappa shape index (κ3) is 5.81. The summed E-state index contributed by atoms with van der Waals surface area (Å²) in [4.78, 5) is 16.9. The van der Waals surface area contributed by atoms with Gasteiger partial charge in [0.15, 0.2) is 17.5 Å². The van der Waals surface area contributed by atoms with E-state index in [0.29, 0.717) is 17.5 Å². The van der Waals surface area contributed by atoms with Crippen molar-refractivity contribution >= 4 is 10.8 Å². The van der Waals surface area contributed by atoms with Crippen molar-refractivity contribution in [3.8, 4) is 112 Å². The van der Waals surface area contributed by atoms with Crippen LogP contribution in [0.3, 0.4) is 0 Å². The van der Waals surface area contributed by atoms with Crippen molar-refractivity contribution in [3.05, 3.63) is 271 Å². The van der Waals surface area contributed by atoms with E-state index in [4.69, 9.17) is 15.0 Å². The summed E-state index contributed by atoms with van der Waals surface area (Å²) in [6.07, 6.45) is 0. The van der Waals surface area contributed by atoms with Gasteiger partial charge in [-0.15, -0.1) is 0 Å². The predicted octanol–water partition coefficient (Wildman–Crippen LogP) is 17.0. The van der Waals surface area contributed by atoms with Crippen molar-refractivity contribution in [1.29, 1.82) is 0 Å². The van der Waals surface area contributed by atoms with E-state index in [1.807, 2.05) is 0 Å². The third-order valence-electron chi connectivity index (χ3n) is 15.2. The normalized spacial score (nSPS) is 12.9. The molecule has 3 aliphatic carbocycles. The number of hydrogen-bond acceptors (Lipinski definition) is 3. The maximum atomic E-state index is 5.72. The molecule has 0 N–H and O–H groups in total. The van der Waals surface area contributed by atoms with Crippen LogP contribution in [0.1, 0.15) is 22.3 Å². The van der Waals surface area contributed by atoms with E-state index in [9.17, 15) is 0 Å². The molecule has 0 bridgehead atoms. The average molecular weight is 900 g/mol. The molecule has 0 amide bonds. The van der Waals surface area contributed by atoms with E-state index in [-0.39, 0.29) is 0 Å². The largest absolute Gasteiger partial charge is 0.208 e. The molecule has 12 aromatic rings. The van der Waals surface area contributed by atoms with Gasteiger partial charge in [-0.2, -0.15) is 0 Å². The standard InChI is InChI=1S/C68H41N3/c1-4-19-42(20-5-1)45-25-16-28-48(37-45)65-69-66(49-29-17-26-46(38-49)43-21-6-2-7-22-43)71-67(70-65)64-62-54-33-18-27-47-39-50(44-23-8-3-9-24-44)40-55(61(47)54)56(62)41-60-63(64)53-32-12-15-36-59(53)68(60)57-34-13-10-30-51(57)52-31-11-14-35-58(52)68/h1-41H. The molecule has 15 rings (SSSR count). The fourth-order valence-electron chi connectivity index (χ4n) is 12.3. The van der Waals surface area contributed by atoms with Crippen LogP contribution in [-0.2, 0) is 5.41 Å².